The molecule has 0 radical (unpaired) electrons. The molecule has 176 valence electrons. The Morgan fingerprint density at radius 2 is 1.97 bits per heavy atom. The number of rotatable bonds is 5. The zero-order valence-corrected chi connectivity index (χ0v) is 18.0. The van der Waals surface area contributed by atoms with Crippen LogP contribution in [0.15, 0.2) is 30.3 Å². The van der Waals surface area contributed by atoms with Gasteiger partial charge in [0.1, 0.15) is 17.1 Å². The molecule has 0 saturated heterocycles. The fraction of sp³-hybridized carbons (Fsp3) is 0.435. The van der Waals surface area contributed by atoms with Gasteiger partial charge in [-0.15, -0.1) is 0 Å². The van der Waals surface area contributed by atoms with E-state index in [1.54, 1.807) is 17.0 Å². The van der Waals surface area contributed by atoms with Gasteiger partial charge in [0, 0.05) is 24.8 Å². The van der Waals surface area contributed by atoms with Gasteiger partial charge < -0.3 is 20.1 Å². The lowest BCUT2D eigenvalue weighted by Gasteiger charge is -2.34. The Morgan fingerprint density at radius 3 is 2.61 bits per heavy atom. The van der Waals surface area contributed by atoms with Crippen LogP contribution in [0.4, 0.5) is 18.9 Å². The summed E-state index contributed by atoms with van der Waals surface area (Å²) < 4.78 is 44.1. The summed E-state index contributed by atoms with van der Waals surface area (Å²) in [6.45, 7) is 0.527. The van der Waals surface area contributed by atoms with Crippen LogP contribution in [-0.2, 0) is 12.7 Å². The van der Waals surface area contributed by atoms with Gasteiger partial charge in [0.2, 0.25) is 0 Å². The van der Waals surface area contributed by atoms with Crippen LogP contribution in [-0.4, -0.2) is 46.6 Å². The number of amides is 2. The normalized spacial score (nSPS) is 20.5. The number of aromatic nitrogens is 1. The van der Waals surface area contributed by atoms with E-state index in [1.165, 1.54) is 13.2 Å². The van der Waals surface area contributed by atoms with Crippen molar-refractivity contribution in [2.24, 2.45) is 5.92 Å². The first kappa shape index (κ1) is 23.0. The largest absolute Gasteiger partial charge is 0.495 e. The van der Waals surface area contributed by atoms with Gasteiger partial charge in [-0.1, -0.05) is 6.07 Å². The summed E-state index contributed by atoms with van der Waals surface area (Å²) >= 11 is 0. The smallest absolute Gasteiger partial charge is 0.433 e. The number of nitrogens with zero attached hydrogens (tertiary/aromatic N) is 2. The van der Waals surface area contributed by atoms with Gasteiger partial charge >= 0.3 is 6.18 Å². The second kappa shape index (κ2) is 9.01. The van der Waals surface area contributed by atoms with E-state index in [-0.39, 0.29) is 41.6 Å². The number of carbonyl (C=O) groups is 2. The summed E-state index contributed by atoms with van der Waals surface area (Å²) in [5.41, 5.74) is -0.109. The predicted molar refractivity (Wildman–Crippen MR) is 113 cm³/mol. The molecule has 1 aliphatic heterocycles. The van der Waals surface area contributed by atoms with Gasteiger partial charge in [-0.2, -0.15) is 13.2 Å². The monoisotopic (exact) mass is 463 g/mol. The molecule has 0 spiro atoms. The van der Waals surface area contributed by atoms with Crippen LogP contribution in [0.25, 0.3) is 0 Å². The van der Waals surface area contributed by atoms with Gasteiger partial charge in [-0.25, -0.2) is 4.98 Å². The van der Waals surface area contributed by atoms with Crippen LogP contribution in [0, 0.1) is 5.92 Å². The van der Waals surface area contributed by atoms with Crippen LogP contribution in [0.1, 0.15) is 57.8 Å². The molecule has 4 rings (SSSR count). The van der Waals surface area contributed by atoms with Crippen molar-refractivity contribution in [1.29, 1.82) is 0 Å². The van der Waals surface area contributed by atoms with Crippen LogP contribution in [0.5, 0.6) is 5.75 Å². The molecule has 1 saturated carbocycles. The van der Waals surface area contributed by atoms with Crippen LogP contribution in [0.3, 0.4) is 0 Å². The molecule has 10 heteroatoms. The van der Waals surface area contributed by atoms with Crippen LogP contribution >= 0.6 is 0 Å². The van der Waals surface area contributed by atoms with Gasteiger partial charge in [-0.3, -0.25) is 9.59 Å². The maximum Gasteiger partial charge on any atom is 0.433 e. The van der Waals surface area contributed by atoms with E-state index in [2.05, 4.69) is 10.3 Å². The van der Waals surface area contributed by atoms with E-state index in [0.717, 1.165) is 37.8 Å². The number of nitrogens with one attached hydrogen (secondary N) is 1. The first-order valence-electron chi connectivity index (χ1n) is 10.7. The van der Waals surface area contributed by atoms with Crippen LogP contribution in [0.2, 0.25) is 0 Å². The molecular weight excluding hydrogens is 439 g/mol. The minimum atomic E-state index is -4.66. The van der Waals surface area contributed by atoms with Gasteiger partial charge in [0.15, 0.2) is 0 Å². The Kier molecular flexibility index (Phi) is 6.29. The number of alkyl halides is 3. The Morgan fingerprint density at radius 1 is 1.24 bits per heavy atom. The highest BCUT2D eigenvalue weighted by molar-refractivity contribution is 6.05. The van der Waals surface area contributed by atoms with Crippen molar-refractivity contribution in [2.45, 2.75) is 44.4 Å². The summed E-state index contributed by atoms with van der Waals surface area (Å²) in [5.74, 6) is -0.433. The number of aliphatic hydroxyl groups is 1. The number of methoxy groups -OCH3 is 1. The fourth-order valence-corrected chi connectivity index (χ4v) is 4.47. The number of aliphatic hydroxyl groups excluding tert-OH is 1. The van der Waals surface area contributed by atoms with Crippen molar-refractivity contribution in [1.82, 2.24) is 9.88 Å². The lowest BCUT2D eigenvalue weighted by atomic mass is 9.86. The molecule has 1 aliphatic carbocycles. The van der Waals surface area contributed by atoms with Crippen molar-refractivity contribution in [3.8, 4) is 5.75 Å². The van der Waals surface area contributed by atoms with E-state index in [4.69, 9.17) is 4.74 Å². The Balaban J connectivity index is 1.54. The third kappa shape index (κ3) is 4.66. The molecule has 0 unspecified atom stereocenters. The average molecular weight is 463 g/mol. The molecule has 2 aromatic rings. The van der Waals surface area contributed by atoms with E-state index in [0.29, 0.717) is 17.7 Å². The summed E-state index contributed by atoms with van der Waals surface area (Å²) in [7, 11) is 1.38. The molecule has 2 amide bonds. The number of carbonyl (C=O) groups excluding carboxylic acids is 2. The number of halogens is 3. The van der Waals surface area contributed by atoms with Crippen molar-refractivity contribution < 1.29 is 32.6 Å². The quantitative estimate of drug-likeness (QED) is 0.703. The number of fused-ring (bicyclic) bond motifs is 1. The highest BCUT2D eigenvalue weighted by Gasteiger charge is 2.36. The number of pyridine rings is 1. The molecule has 33 heavy (non-hydrogen) atoms. The third-order valence-electron chi connectivity index (χ3n) is 6.29. The Bertz CT molecular complexity index is 1070. The standard InChI is InChI=1S/C23H24F3N3O4/c1-33-19-10-16-14(11-29(22(16)32)15-7-5-13(12-30)6-8-15)9-18(19)28-21(31)17-3-2-4-20(27-17)23(24,25)26/h2-4,9-10,13,15,30H,5-8,11-12H2,1H3,(H,28,31)/t13-,15-. The molecule has 1 aromatic heterocycles. The summed E-state index contributed by atoms with van der Waals surface area (Å²) in [5, 5.41) is 11.9. The lowest BCUT2D eigenvalue weighted by molar-refractivity contribution is -0.141. The number of hydrogen-bond donors (Lipinski definition) is 2. The molecular formula is C23H24F3N3O4. The molecule has 1 fully saturated rings. The third-order valence-corrected chi connectivity index (χ3v) is 6.29. The molecule has 2 N–H and O–H groups in total. The first-order valence-corrected chi connectivity index (χ1v) is 10.7. The Hall–Kier alpha value is -3.14. The number of ether oxygens (including phenoxy) is 1. The number of benzene rings is 1. The molecule has 2 aliphatic rings. The van der Waals surface area contributed by atoms with Crippen molar-refractivity contribution in [3.05, 3.63) is 52.8 Å². The highest BCUT2D eigenvalue weighted by Crippen LogP contribution is 2.37. The summed E-state index contributed by atoms with van der Waals surface area (Å²) in [6.07, 6.45) is -1.33. The minimum Gasteiger partial charge on any atom is -0.495 e. The maximum atomic E-state index is 13.0. The van der Waals surface area contributed by atoms with E-state index < -0.39 is 17.8 Å². The van der Waals surface area contributed by atoms with Gasteiger partial charge in [0.05, 0.1) is 12.8 Å². The second-order valence-corrected chi connectivity index (χ2v) is 8.36. The molecule has 0 atom stereocenters. The predicted octanol–water partition coefficient (Wildman–Crippen LogP) is 3.87. The zero-order chi connectivity index (χ0) is 23.8. The topological polar surface area (TPSA) is 91.8 Å². The second-order valence-electron chi connectivity index (χ2n) is 8.36. The summed E-state index contributed by atoms with van der Waals surface area (Å²) in [4.78, 5) is 30.8. The van der Waals surface area contributed by atoms with Gasteiger partial charge in [0.25, 0.3) is 11.8 Å². The van der Waals surface area contributed by atoms with Crippen molar-refractivity contribution >= 4 is 17.5 Å². The summed E-state index contributed by atoms with van der Waals surface area (Å²) in [6, 6.07) is 6.35. The fourth-order valence-electron chi connectivity index (χ4n) is 4.47. The number of anilines is 1. The Labute approximate surface area is 188 Å². The highest BCUT2D eigenvalue weighted by atomic mass is 19.4. The molecule has 2 heterocycles. The van der Waals surface area contributed by atoms with E-state index in [1.807, 2.05) is 0 Å². The first-order chi connectivity index (χ1) is 15.7. The number of hydrogen-bond acceptors (Lipinski definition) is 5. The van der Waals surface area contributed by atoms with E-state index in [9.17, 15) is 27.9 Å². The SMILES string of the molecule is COc1cc2c(cc1NC(=O)c1cccc(C(F)(F)F)n1)CN([C@H]1CC[C@H](CO)CC1)C2=O. The minimum absolute atomic E-state index is 0.0750. The van der Waals surface area contributed by atoms with Crippen molar-refractivity contribution in [3.63, 3.8) is 0 Å². The molecule has 0 bridgehead atoms. The maximum absolute atomic E-state index is 13.0. The molecule has 1 aromatic carbocycles. The van der Waals surface area contributed by atoms with E-state index >= 15 is 0 Å². The zero-order valence-electron chi connectivity index (χ0n) is 18.0. The van der Waals surface area contributed by atoms with Crippen LogP contribution < -0.4 is 10.1 Å². The molecule has 7 nitrogen and oxygen atoms in total. The van der Waals surface area contributed by atoms with Gasteiger partial charge in [-0.05, 0) is 61.4 Å². The van der Waals surface area contributed by atoms with Crippen molar-refractivity contribution in [2.75, 3.05) is 19.0 Å². The average Bonchev–Trinajstić information content (AvgIpc) is 3.13. The lowest BCUT2D eigenvalue weighted by Crippen LogP contribution is -2.38.